The van der Waals surface area contributed by atoms with Crippen LogP contribution < -0.4 is 21.2 Å². The summed E-state index contributed by atoms with van der Waals surface area (Å²) in [5.41, 5.74) is 4.30. The molecule has 1 aliphatic rings. The zero-order valence-electron chi connectivity index (χ0n) is 13.0. The highest BCUT2D eigenvalue weighted by Crippen LogP contribution is 2.30. The number of para-hydroxylation sites is 1. The van der Waals surface area contributed by atoms with Gasteiger partial charge in [-0.3, -0.25) is 10.2 Å². The predicted octanol–water partition coefficient (Wildman–Crippen LogP) is 1.63. The number of hydrazone groups is 1. The van der Waals surface area contributed by atoms with E-state index in [0.717, 1.165) is 0 Å². The van der Waals surface area contributed by atoms with Gasteiger partial charge >= 0.3 is 0 Å². The summed E-state index contributed by atoms with van der Waals surface area (Å²) < 4.78 is 22.5. The van der Waals surface area contributed by atoms with Crippen molar-refractivity contribution in [3.63, 3.8) is 0 Å². The number of benzene rings is 2. The van der Waals surface area contributed by atoms with Gasteiger partial charge in [-0.05, 0) is 42.5 Å². The zero-order valence-corrected chi connectivity index (χ0v) is 15.4. The fourth-order valence-corrected chi connectivity index (χ4v) is 3.15. The van der Waals surface area contributed by atoms with Gasteiger partial charge in [0.2, 0.25) is 10.0 Å². The van der Waals surface area contributed by atoms with Crippen LogP contribution in [0.1, 0.15) is 5.56 Å². The molecule has 0 spiro atoms. The number of thiocarbonyl (C=S) groups is 1. The number of primary sulfonamides is 1. The minimum atomic E-state index is -3.76. The van der Waals surface area contributed by atoms with E-state index >= 15 is 0 Å². The molecule has 26 heavy (non-hydrogen) atoms. The van der Waals surface area contributed by atoms with Crippen LogP contribution in [0.25, 0.3) is 0 Å². The van der Waals surface area contributed by atoms with Crippen molar-refractivity contribution in [3.05, 3.63) is 53.1 Å². The zero-order chi connectivity index (χ0) is 18.9. The third kappa shape index (κ3) is 3.83. The maximum atomic E-state index is 12.0. The lowest BCUT2D eigenvalue weighted by atomic mass is 10.1. The lowest BCUT2D eigenvalue weighted by Gasteiger charge is -2.08. The van der Waals surface area contributed by atoms with Gasteiger partial charge in [0.1, 0.15) is 0 Å². The standard InChI is InChI=1S/C15H12ClN5O3S2/c16-11-3-1-2-10-12(11)19-14(22)13(10)20-21-15(25)18-8-4-6-9(7-5-8)26(17,23)24/h1-7H,(H2,17,23,24)(H2,18,21,25)(H,19,20,22). The van der Waals surface area contributed by atoms with E-state index in [1.54, 1.807) is 18.2 Å². The minimum absolute atomic E-state index is 0.0155. The molecule has 0 radical (unpaired) electrons. The minimum Gasteiger partial charge on any atom is -0.331 e. The lowest BCUT2D eigenvalue weighted by molar-refractivity contribution is -0.110. The molecule has 3 rings (SSSR count). The number of hydrogen-bond donors (Lipinski definition) is 4. The van der Waals surface area contributed by atoms with E-state index in [9.17, 15) is 13.2 Å². The number of anilines is 2. The van der Waals surface area contributed by atoms with Gasteiger partial charge in [-0.1, -0.05) is 23.7 Å². The van der Waals surface area contributed by atoms with Crippen LogP contribution in [0.3, 0.4) is 0 Å². The second kappa shape index (κ2) is 7.00. The Morgan fingerprint density at radius 2 is 1.88 bits per heavy atom. The summed E-state index contributed by atoms with van der Waals surface area (Å²) in [5.74, 6) is -0.402. The van der Waals surface area contributed by atoms with Gasteiger partial charge in [0.25, 0.3) is 5.91 Å². The van der Waals surface area contributed by atoms with E-state index < -0.39 is 15.9 Å². The van der Waals surface area contributed by atoms with Gasteiger partial charge in [0.15, 0.2) is 10.8 Å². The first kappa shape index (κ1) is 18.3. The SMILES string of the molecule is NS(=O)(=O)c1ccc(NC(=S)NN=C2C(=O)Nc3c(Cl)cccc32)cc1. The van der Waals surface area contributed by atoms with Gasteiger partial charge in [-0.25, -0.2) is 13.6 Å². The number of rotatable bonds is 3. The van der Waals surface area contributed by atoms with Crippen LogP contribution in [0.5, 0.6) is 0 Å². The lowest BCUT2D eigenvalue weighted by Crippen LogP contribution is -2.27. The molecule has 0 atom stereocenters. The van der Waals surface area contributed by atoms with Crippen molar-refractivity contribution in [1.29, 1.82) is 0 Å². The van der Waals surface area contributed by atoms with E-state index in [1.807, 2.05) is 0 Å². The van der Waals surface area contributed by atoms with Crippen molar-refractivity contribution in [2.45, 2.75) is 4.90 Å². The topological polar surface area (TPSA) is 126 Å². The Morgan fingerprint density at radius 3 is 2.54 bits per heavy atom. The van der Waals surface area contributed by atoms with Gasteiger partial charge in [0, 0.05) is 11.3 Å². The van der Waals surface area contributed by atoms with Crippen LogP contribution in [-0.4, -0.2) is 25.1 Å². The van der Waals surface area contributed by atoms with Crippen LogP contribution in [0, 0.1) is 0 Å². The number of fused-ring (bicyclic) bond motifs is 1. The molecule has 0 aliphatic carbocycles. The Bertz CT molecular complexity index is 1040. The molecular formula is C15H12ClN5O3S2. The summed E-state index contributed by atoms with van der Waals surface area (Å²) in [6, 6.07) is 10.8. The molecule has 2 aromatic carbocycles. The average molecular weight is 410 g/mol. The molecule has 0 aromatic heterocycles. The molecule has 2 aromatic rings. The van der Waals surface area contributed by atoms with Crippen molar-refractivity contribution in [2.75, 3.05) is 10.6 Å². The highest BCUT2D eigenvalue weighted by atomic mass is 35.5. The maximum absolute atomic E-state index is 12.0. The first-order chi connectivity index (χ1) is 12.3. The smallest absolute Gasteiger partial charge is 0.276 e. The van der Waals surface area contributed by atoms with Crippen molar-refractivity contribution < 1.29 is 13.2 Å². The molecular weight excluding hydrogens is 398 g/mol. The van der Waals surface area contributed by atoms with Crippen molar-refractivity contribution in [2.24, 2.45) is 10.2 Å². The summed E-state index contributed by atoms with van der Waals surface area (Å²) in [5, 5.41) is 15.0. The Kier molecular flexibility index (Phi) is 4.92. The van der Waals surface area contributed by atoms with E-state index in [4.69, 9.17) is 29.0 Å². The molecule has 0 bridgehead atoms. The Morgan fingerprint density at radius 1 is 1.19 bits per heavy atom. The van der Waals surface area contributed by atoms with Crippen molar-refractivity contribution in [3.8, 4) is 0 Å². The number of amides is 1. The molecule has 8 nitrogen and oxygen atoms in total. The third-order valence-corrected chi connectivity index (χ3v) is 4.87. The molecule has 1 aliphatic heterocycles. The van der Waals surface area contributed by atoms with Gasteiger partial charge < -0.3 is 10.6 Å². The van der Waals surface area contributed by atoms with Crippen molar-refractivity contribution in [1.82, 2.24) is 5.43 Å². The van der Waals surface area contributed by atoms with Crippen molar-refractivity contribution >= 4 is 61.9 Å². The summed E-state index contributed by atoms with van der Waals surface area (Å²) in [7, 11) is -3.76. The molecule has 1 amide bonds. The Hall–Kier alpha value is -2.53. The number of hydrogen-bond acceptors (Lipinski definition) is 5. The largest absolute Gasteiger partial charge is 0.331 e. The molecule has 0 saturated heterocycles. The van der Waals surface area contributed by atoms with Crippen LogP contribution in [0.15, 0.2) is 52.5 Å². The molecule has 0 fully saturated rings. The second-order valence-electron chi connectivity index (χ2n) is 5.21. The van der Waals surface area contributed by atoms with Crippen LogP contribution in [-0.2, 0) is 14.8 Å². The van der Waals surface area contributed by atoms with E-state index in [-0.39, 0.29) is 15.7 Å². The highest BCUT2D eigenvalue weighted by molar-refractivity contribution is 7.89. The summed E-state index contributed by atoms with van der Waals surface area (Å²) in [6.07, 6.45) is 0. The fourth-order valence-electron chi connectivity index (χ4n) is 2.25. The monoisotopic (exact) mass is 409 g/mol. The van der Waals surface area contributed by atoms with Gasteiger partial charge in [0.05, 0.1) is 15.6 Å². The van der Waals surface area contributed by atoms with E-state index in [0.29, 0.717) is 22.0 Å². The van der Waals surface area contributed by atoms with Gasteiger partial charge in [-0.15, -0.1) is 0 Å². The fraction of sp³-hybridized carbons (Fsp3) is 0. The number of nitrogens with zero attached hydrogens (tertiary/aromatic N) is 1. The highest BCUT2D eigenvalue weighted by Gasteiger charge is 2.27. The number of halogens is 1. The van der Waals surface area contributed by atoms with Crippen LogP contribution >= 0.6 is 23.8 Å². The van der Waals surface area contributed by atoms with Crippen LogP contribution in [0.4, 0.5) is 11.4 Å². The predicted molar refractivity (Wildman–Crippen MR) is 104 cm³/mol. The first-order valence-electron chi connectivity index (χ1n) is 7.13. The summed E-state index contributed by atoms with van der Waals surface area (Å²) in [6.45, 7) is 0. The quantitative estimate of drug-likeness (QED) is 0.451. The second-order valence-corrected chi connectivity index (χ2v) is 7.59. The molecule has 1 heterocycles. The van der Waals surface area contributed by atoms with E-state index in [1.165, 1.54) is 24.3 Å². The summed E-state index contributed by atoms with van der Waals surface area (Å²) in [4.78, 5) is 12.0. The molecule has 5 N–H and O–H groups in total. The number of nitrogens with one attached hydrogen (secondary N) is 3. The maximum Gasteiger partial charge on any atom is 0.276 e. The van der Waals surface area contributed by atoms with Gasteiger partial charge in [-0.2, -0.15) is 5.10 Å². The van der Waals surface area contributed by atoms with Crippen LogP contribution in [0.2, 0.25) is 5.02 Å². The molecule has 11 heteroatoms. The number of nitrogens with two attached hydrogens (primary N) is 1. The number of carbonyl (C=O) groups is 1. The van der Waals surface area contributed by atoms with E-state index in [2.05, 4.69) is 21.2 Å². The Balaban J connectivity index is 1.71. The first-order valence-corrected chi connectivity index (χ1v) is 9.47. The number of sulfonamides is 1. The molecule has 134 valence electrons. The Labute approximate surface area is 159 Å². The molecule has 0 saturated carbocycles. The summed E-state index contributed by atoms with van der Waals surface area (Å²) >= 11 is 11.1. The molecule has 0 unspecified atom stereocenters. The number of carbonyl (C=O) groups excluding carboxylic acids is 1. The third-order valence-electron chi connectivity index (χ3n) is 3.43. The average Bonchev–Trinajstić information content (AvgIpc) is 2.90. The normalized spacial score (nSPS) is 14.7.